The van der Waals surface area contributed by atoms with Crippen LogP contribution >= 0.6 is 0 Å². The van der Waals surface area contributed by atoms with Crippen LogP contribution in [0.4, 0.5) is 5.69 Å². The quantitative estimate of drug-likeness (QED) is 0.454. The Morgan fingerprint density at radius 1 is 1.09 bits per heavy atom. The summed E-state index contributed by atoms with van der Waals surface area (Å²) in [5, 5.41) is 2.98. The van der Waals surface area contributed by atoms with E-state index < -0.39 is 0 Å². The second-order valence-corrected chi connectivity index (χ2v) is 9.70. The van der Waals surface area contributed by atoms with Gasteiger partial charge in [0.05, 0.1) is 17.6 Å². The van der Waals surface area contributed by atoms with Crippen LogP contribution in [0.15, 0.2) is 36.4 Å². The Morgan fingerprint density at radius 3 is 2.56 bits per heavy atom. The summed E-state index contributed by atoms with van der Waals surface area (Å²) < 4.78 is 8.19. The average molecular weight is 463 g/mol. The van der Waals surface area contributed by atoms with Crippen LogP contribution in [0.1, 0.15) is 69.3 Å². The molecule has 2 heterocycles. The van der Waals surface area contributed by atoms with Crippen LogP contribution in [0, 0.1) is 6.92 Å². The van der Waals surface area contributed by atoms with E-state index in [1.54, 1.807) is 0 Å². The molecule has 0 spiro atoms. The molecule has 34 heavy (non-hydrogen) atoms. The van der Waals surface area contributed by atoms with E-state index in [0.29, 0.717) is 5.92 Å². The van der Waals surface area contributed by atoms with E-state index in [9.17, 15) is 4.79 Å². The summed E-state index contributed by atoms with van der Waals surface area (Å²) in [5.41, 5.74) is 5.01. The molecule has 3 aromatic rings. The third-order valence-electron chi connectivity index (χ3n) is 6.64. The predicted octanol–water partition coefficient (Wildman–Crippen LogP) is 5.88. The minimum Gasteiger partial charge on any atom is -0.483 e. The van der Waals surface area contributed by atoms with E-state index in [2.05, 4.69) is 53.8 Å². The Morgan fingerprint density at radius 2 is 1.85 bits per heavy atom. The highest BCUT2D eigenvalue weighted by molar-refractivity contribution is 5.94. The zero-order chi connectivity index (χ0) is 24.1. The number of nitrogens with one attached hydrogen (secondary N) is 1. The summed E-state index contributed by atoms with van der Waals surface area (Å²) in [4.78, 5) is 20.1. The van der Waals surface area contributed by atoms with Gasteiger partial charge in [0.1, 0.15) is 11.6 Å². The van der Waals surface area contributed by atoms with Crippen LogP contribution in [0.5, 0.6) is 5.75 Å². The molecule has 0 saturated carbocycles. The molecule has 182 valence electrons. The lowest BCUT2D eigenvalue weighted by Gasteiger charge is -2.19. The number of hydrogen-bond donors (Lipinski definition) is 1. The molecule has 1 aromatic heterocycles. The number of amides is 1. The minimum atomic E-state index is -0.171. The number of nitrogens with zero attached hydrogens (tertiary/aromatic N) is 3. The molecule has 1 amide bonds. The molecule has 0 aliphatic carbocycles. The molecular formula is C28H38N4O2. The predicted molar refractivity (Wildman–Crippen MR) is 139 cm³/mol. The van der Waals surface area contributed by atoms with E-state index in [-0.39, 0.29) is 12.5 Å². The number of likely N-dealkylation sites (tertiary alicyclic amines) is 1. The maximum absolute atomic E-state index is 12.6. The second-order valence-electron chi connectivity index (χ2n) is 9.70. The monoisotopic (exact) mass is 462 g/mol. The molecule has 6 nitrogen and oxygen atoms in total. The normalized spacial score (nSPS) is 15.0. The SMILES string of the molecule is CCn1c(CN2CCCCCC2)nc2cc(NC(=O)COc3cc(C)ccc3C(C)C)ccc21. The lowest BCUT2D eigenvalue weighted by atomic mass is 10.0. The van der Waals surface area contributed by atoms with Gasteiger partial charge in [0, 0.05) is 12.2 Å². The molecule has 1 aliphatic rings. The number of carbonyl (C=O) groups is 1. The third kappa shape index (κ3) is 5.79. The van der Waals surface area contributed by atoms with Gasteiger partial charge in [-0.3, -0.25) is 9.69 Å². The number of ether oxygens (including phenoxy) is 1. The summed E-state index contributed by atoms with van der Waals surface area (Å²) in [7, 11) is 0. The lowest BCUT2D eigenvalue weighted by Crippen LogP contribution is -2.25. The highest BCUT2D eigenvalue weighted by Crippen LogP contribution is 2.28. The van der Waals surface area contributed by atoms with Gasteiger partial charge < -0.3 is 14.6 Å². The molecule has 1 N–H and O–H groups in total. The molecule has 1 fully saturated rings. The molecule has 1 aliphatic heterocycles. The lowest BCUT2D eigenvalue weighted by molar-refractivity contribution is -0.118. The van der Waals surface area contributed by atoms with Gasteiger partial charge in [-0.2, -0.15) is 0 Å². The molecular weight excluding hydrogens is 424 g/mol. The summed E-state index contributed by atoms with van der Waals surface area (Å²) >= 11 is 0. The van der Waals surface area contributed by atoms with Gasteiger partial charge in [0.15, 0.2) is 6.61 Å². The number of benzene rings is 2. The van der Waals surface area contributed by atoms with Gasteiger partial charge in [-0.25, -0.2) is 4.98 Å². The van der Waals surface area contributed by atoms with Crippen molar-refractivity contribution in [1.29, 1.82) is 0 Å². The topological polar surface area (TPSA) is 59.4 Å². The van der Waals surface area contributed by atoms with Crippen molar-refractivity contribution in [3.63, 3.8) is 0 Å². The summed E-state index contributed by atoms with van der Waals surface area (Å²) in [5.74, 6) is 2.04. The van der Waals surface area contributed by atoms with Crippen molar-refractivity contribution in [2.24, 2.45) is 0 Å². The maximum atomic E-state index is 12.6. The van der Waals surface area contributed by atoms with Crippen LogP contribution in [-0.2, 0) is 17.9 Å². The first kappa shape index (κ1) is 24.3. The van der Waals surface area contributed by atoms with Crippen molar-refractivity contribution < 1.29 is 9.53 Å². The van der Waals surface area contributed by atoms with E-state index >= 15 is 0 Å². The maximum Gasteiger partial charge on any atom is 0.262 e. The number of aryl methyl sites for hydroxylation is 2. The Labute approximate surface area is 203 Å². The number of aromatic nitrogens is 2. The first-order valence-electron chi connectivity index (χ1n) is 12.7. The van der Waals surface area contributed by atoms with Gasteiger partial charge in [-0.15, -0.1) is 0 Å². The first-order valence-corrected chi connectivity index (χ1v) is 12.7. The molecule has 0 unspecified atom stereocenters. The zero-order valence-electron chi connectivity index (χ0n) is 21.1. The van der Waals surface area contributed by atoms with E-state index in [1.807, 2.05) is 25.1 Å². The number of anilines is 1. The minimum absolute atomic E-state index is 0.0230. The molecule has 2 aromatic carbocycles. The summed E-state index contributed by atoms with van der Waals surface area (Å²) in [6.45, 7) is 12.5. The van der Waals surface area contributed by atoms with E-state index in [4.69, 9.17) is 9.72 Å². The second kappa shape index (κ2) is 11.0. The van der Waals surface area contributed by atoms with Crippen molar-refractivity contribution in [3.05, 3.63) is 53.3 Å². The molecule has 4 rings (SSSR count). The number of carbonyl (C=O) groups excluding carboxylic acids is 1. The Balaban J connectivity index is 1.44. The number of fused-ring (bicyclic) bond motifs is 1. The molecule has 0 atom stereocenters. The molecule has 0 bridgehead atoms. The average Bonchev–Trinajstić information content (AvgIpc) is 2.95. The number of imidazole rings is 1. The van der Waals surface area contributed by atoms with Gasteiger partial charge in [-0.1, -0.05) is 38.8 Å². The van der Waals surface area contributed by atoms with Gasteiger partial charge in [0.2, 0.25) is 0 Å². The number of rotatable bonds is 8. The van der Waals surface area contributed by atoms with Gasteiger partial charge in [-0.05, 0) is 81.1 Å². The van der Waals surface area contributed by atoms with Crippen LogP contribution in [0.2, 0.25) is 0 Å². The van der Waals surface area contributed by atoms with Crippen LogP contribution in [0.25, 0.3) is 11.0 Å². The van der Waals surface area contributed by atoms with E-state index in [0.717, 1.165) is 65.6 Å². The Bertz CT molecular complexity index is 1130. The van der Waals surface area contributed by atoms with Crippen molar-refractivity contribution in [2.45, 2.75) is 72.4 Å². The van der Waals surface area contributed by atoms with Crippen LogP contribution in [0.3, 0.4) is 0 Å². The van der Waals surface area contributed by atoms with Crippen LogP contribution < -0.4 is 10.1 Å². The Hall–Kier alpha value is -2.86. The van der Waals surface area contributed by atoms with Crippen LogP contribution in [-0.4, -0.2) is 40.1 Å². The Kier molecular flexibility index (Phi) is 7.88. The fraction of sp³-hybridized carbons (Fsp3) is 0.500. The fourth-order valence-corrected chi connectivity index (χ4v) is 4.81. The summed E-state index contributed by atoms with van der Waals surface area (Å²) in [6, 6.07) is 12.1. The van der Waals surface area contributed by atoms with Crippen molar-refractivity contribution in [1.82, 2.24) is 14.5 Å². The smallest absolute Gasteiger partial charge is 0.262 e. The third-order valence-corrected chi connectivity index (χ3v) is 6.64. The van der Waals surface area contributed by atoms with Gasteiger partial charge >= 0.3 is 0 Å². The number of hydrogen-bond acceptors (Lipinski definition) is 4. The van der Waals surface area contributed by atoms with Crippen molar-refractivity contribution in [3.8, 4) is 5.75 Å². The standard InChI is InChI=1S/C28H38N4O2/c1-5-32-25-13-11-22(17-24(25)30-27(32)18-31-14-8-6-7-9-15-31)29-28(33)19-34-26-16-21(4)10-12-23(26)20(2)3/h10-13,16-17,20H,5-9,14-15,18-19H2,1-4H3,(H,29,33). The first-order chi connectivity index (χ1) is 16.4. The highest BCUT2D eigenvalue weighted by atomic mass is 16.5. The largest absolute Gasteiger partial charge is 0.483 e. The fourth-order valence-electron chi connectivity index (χ4n) is 4.81. The summed E-state index contributed by atoms with van der Waals surface area (Å²) in [6.07, 6.45) is 5.20. The molecule has 6 heteroatoms. The molecule has 0 radical (unpaired) electrons. The van der Waals surface area contributed by atoms with Crippen molar-refractivity contribution in [2.75, 3.05) is 25.0 Å². The molecule has 1 saturated heterocycles. The zero-order valence-corrected chi connectivity index (χ0v) is 21.1. The van der Waals surface area contributed by atoms with Crippen molar-refractivity contribution >= 4 is 22.6 Å². The van der Waals surface area contributed by atoms with Gasteiger partial charge in [0.25, 0.3) is 5.91 Å². The van der Waals surface area contributed by atoms with E-state index in [1.165, 1.54) is 25.7 Å². The highest BCUT2D eigenvalue weighted by Gasteiger charge is 2.16.